The van der Waals surface area contributed by atoms with Crippen LogP contribution in [0.25, 0.3) is 16.8 Å². The maximum absolute atomic E-state index is 14.0. The molecule has 3 heterocycles. The molecule has 5 rings (SSSR count). The van der Waals surface area contributed by atoms with Gasteiger partial charge in [0.15, 0.2) is 0 Å². The number of pyridine rings is 2. The molecule has 37 heavy (non-hydrogen) atoms. The average molecular weight is 586 g/mol. The minimum absolute atomic E-state index is 0.115. The largest absolute Gasteiger partial charge is 0.755 e. The number of aromatic nitrogens is 3. The van der Waals surface area contributed by atoms with E-state index in [9.17, 15) is 17.9 Å². The molecule has 3 aromatic heterocycles. The molecule has 4 aromatic rings. The minimum atomic E-state index is -2.59. The maximum atomic E-state index is 14.0. The van der Waals surface area contributed by atoms with Gasteiger partial charge < -0.3 is 13.6 Å². The van der Waals surface area contributed by atoms with Crippen LogP contribution in [0, 0.1) is 5.82 Å². The van der Waals surface area contributed by atoms with Crippen LogP contribution in [-0.2, 0) is 22.4 Å². The number of anilines is 1. The summed E-state index contributed by atoms with van der Waals surface area (Å²) in [6, 6.07) is 10.1. The van der Waals surface area contributed by atoms with E-state index >= 15 is 0 Å². The number of esters is 1. The highest BCUT2D eigenvalue weighted by molar-refractivity contribution is 9.10. The first-order chi connectivity index (χ1) is 17.9. The van der Waals surface area contributed by atoms with Gasteiger partial charge in [0.1, 0.15) is 17.1 Å². The Hall–Kier alpha value is -3.15. The highest BCUT2D eigenvalue weighted by Gasteiger charge is 2.31. The molecule has 1 saturated carbocycles. The molecule has 1 aromatic carbocycles. The molecule has 1 unspecified atom stereocenters. The van der Waals surface area contributed by atoms with Crippen molar-refractivity contribution >= 4 is 44.4 Å². The van der Waals surface area contributed by atoms with E-state index in [4.69, 9.17) is 4.74 Å². The van der Waals surface area contributed by atoms with Gasteiger partial charge in [-0.3, -0.25) is 9.19 Å². The van der Waals surface area contributed by atoms with Crippen molar-refractivity contribution in [1.82, 2.24) is 14.6 Å². The van der Waals surface area contributed by atoms with Crippen molar-refractivity contribution in [2.45, 2.75) is 32.1 Å². The van der Waals surface area contributed by atoms with Crippen LogP contribution < -0.4 is 4.31 Å². The van der Waals surface area contributed by atoms with E-state index in [0.717, 1.165) is 18.4 Å². The molecule has 192 valence electrons. The summed E-state index contributed by atoms with van der Waals surface area (Å²) in [5.74, 6) is -0.742. The van der Waals surface area contributed by atoms with Crippen LogP contribution in [0.15, 0.2) is 59.5 Å². The summed E-state index contributed by atoms with van der Waals surface area (Å²) >= 11 is 0.550. The van der Waals surface area contributed by atoms with Gasteiger partial charge in [-0.05, 0) is 89.5 Å². The van der Waals surface area contributed by atoms with Crippen molar-refractivity contribution in [2.75, 3.05) is 17.5 Å². The second-order valence-corrected chi connectivity index (χ2v) is 10.5. The third-order valence-electron chi connectivity index (χ3n) is 6.25. The second kappa shape index (κ2) is 10.7. The molecule has 8 nitrogen and oxygen atoms in total. The molecule has 0 saturated heterocycles. The minimum Gasteiger partial charge on any atom is -0.755 e. The van der Waals surface area contributed by atoms with Gasteiger partial charge in [-0.2, -0.15) is 5.10 Å². The summed E-state index contributed by atoms with van der Waals surface area (Å²) in [5.41, 5.74) is 3.88. The fourth-order valence-corrected chi connectivity index (χ4v) is 5.14. The van der Waals surface area contributed by atoms with Gasteiger partial charge in [-0.25, -0.2) is 13.7 Å². The van der Waals surface area contributed by atoms with Gasteiger partial charge in [0.2, 0.25) is 0 Å². The van der Waals surface area contributed by atoms with Gasteiger partial charge in [0, 0.05) is 35.8 Å². The van der Waals surface area contributed by atoms with Crippen LogP contribution >= 0.6 is 15.9 Å². The third kappa shape index (κ3) is 5.29. The predicted molar refractivity (Wildman–Crippen MR) is 140 cm³/mol. The smallest absolute Gasteiger partial charge is 0.342 e. The summed E-state index contributed by atoms with van der Waals surface area (Å²) in [7, 11) is 0. The topological polar surface area (TPSA) is 99.9 Å². The number of ether oxygens (including phenoxy) is 1. The number of fused-ring (bicyclic) bond motifs is 1. The van der Waals surface area contributed by atoms with Crippen molar-refractivity contribution in [2.24, 2.45) is 0 Å². The lowest BCUT2D eigenvalue weighted by Crippen LogP contribution is -2.29. The van der Waals surface area contributed by atoms with E-state index in [-0.39, 0.29) is 19.1 Å². The Morgan fingerprint density at radius 2 is 2.14 bits per heavy atom. The number of halogens is 2. The molecule has 0 N–H and O–H groups in total. The van der Waals surface area contributed by atoms with E-state index in [1.54, 1.807) is 49.8 Å². The first-order valence-corrected chi connectivity index (χ1v) is 13.6. The van der Waals surface area contributed by atoms with Crippen molar-refractivity contribution in [3.63, 3.8) is 0 Å². The Balaban J connectivity index is 1.61. The Morgan fingerprint density at radius 1 is 1.32 bits per heavy atom. The zero-order valence-corrected chi connectivity index (χ0v) is 22.3. The van der Waals surface area contributed by atoms with Crippen LogP contribution in [0.2, 0.25) is 0 Å². The molecule has 1 aliphatic rings. The number of hydrogen-bond donors (Lipinski definition) is 0. The average Bonchev–Trinajstić information content (AvgIpc) is 3.66. The molecular weight excluding hydrogens is 563 g/mol. The van der Waals surface area contributed by atoms with Gasteiger partial charge in [0.25, 0.3) is 0 Å². The Kier molecular flexibility index (Phi) is 7.36. The lowest BCUT2D eigenvalue weighted by atomic mass is 10.0. The molecule has 1 fully saturated rings. The number of carbonyl (C=O) groups excluding carboxylic acids is 1. The molecule has 1 atom stereocenters. The number of benzene rings is 1. The molecule has 0 spiro atoms. The van der Waals surface area contributed by atoms with Crippen LogP contribution in [0.4, 0.5) is 10.1 Å². The van der Waals surface area contributed by atoms with Crippen molar-refractivity contribution in [1.29, 1.82) is 0 Å². The molecule has 11 heteroatoms. The zero-order valence-electron chi connectivity index (χ0n) is 19.9. The van der Waals surface area contributed by atoms with Crippen LogP contribution in [-0.4, -0.2) is 42.5 Å². The molecule has 0 aliphatic heterocycles. The van der Waals surface area contributed by atoms with E-state index in [1.807, 2.05) is 6.07 Å². The van der Waals surface area contributed by atoms with Crippen LogP contribution in [0.1, 0.15) is 47.2 Å². The highest BCUT2D eigenvalue weighted by Crippen LogP contribution is 2.46. The quantitative estimate of drug-likeness (QED) is 0.198. The molecule has 1 aliphatic carbocycles. The number of carbonyl (C=O) groups is 1. The second-order valence-electron chi connectivity index (χ2n) is 8.72. The Bertz CT molecular complexity index is 1490. The van der Waals surface area contributed by atoms with E-state index in [2.05, 4.69) is 26.0 Å². The molecule has 0 radical (unpaired) electrons. The third-order valence-corrected chi connectivity index (χ3v) is 7.63. The monoisotopic (exact) mass is 585 g/mol. The zero-order chi connectivity index (χ0) is 26.1. The molecular formula is C26H23BrFN4O4S-. The van der Waals surface area contributed by atoms with Gasteiger partial charge in [0.05, 0.1) is 28.5 Å². The first kappa shape index (κ1) is 25.5. The summed E-state index contributed by atoms with van der Waals surface area (Å²) in [4.78, 5) is 17.2. The van der Waals surface area contributed by atoms with E-state index < -0.39 is 23.1 Å². The van der Waals surface area contributed by atoms with Gasteiger partial charge in [-0.1, -0.05) is 6.07 Å². The lowest BCUT2D eigenvalue weighted by molar-refractivity contribution is 0.0529. The summed E-state index contributed by atoms with van der Waals surface area (Å²) < 4.78 is 47.3. The first-order valence-electron chi connectivity index (χ1n) is 11.8. The fourth-order valence-electron chi connectivity index (χ4n) is 4.34. The fraction of sp³-hybridized carbons (Fsp3) is 0.269. The van der Waals surface area contributed by atoms with Crippen LogP contribution in [0.5, 0.6) is 0 Å². The highest BCUT2D eigenvalue weighted by atomic mass is 79.9. The van der Waals surface area contributed by atoms with Crippen LogP contribution in [0.3, 0.4) is 0 Å². The molecule has 0 amide bonds. The van der Waals surface area contributed by atoms with E-state index in [1.165, 1.54) is 14.9 Å². The SMILES string of the molecule is CCOC(=O)c1c(-c2cccnc2)nn2cc(N(CCc3ccc(Br)c(F)c3)S(=O)[O-])c(C3CC3)cc12. The number of nitrogens with zero attached hydrogens (tertiary/aromatic N) is 4. The summed E-state index contributed by atoms with van der Waals surface area (Å²) in [5, 5.41) is 4.64. The summed E-state index contributed by atoms with van der Waals surface area (Å²) in [6.07, 6.45) is 7.03. The number of hydrogen-bond acceptors (Lipinski definition) is 6. The summed E-state index contributed by atoms with van der Waals surface area (Å²) in [6.45, 7) is 2.06. The Labute approximate surface area is 224 Å². The molecule has 0 bridgehead atoms. The van der Waals surface area contributed by atoms with Crippen molar-refractivity contribution in [3.05, 3.63) is 82.0 Å². The standard InChI is InChI=1S/C26H24BrFN4O4S/c1-2-36-26(33)24-22-13-19(17-6-7-17)23(15-31(22)30-25(24)18-4-3-10-29-14-18)32(37(34)35)11-9-16-5-8-20(27)21(28)12-16/h3-5,8,10,12-15,17H,2,6-7,9,11H2,1H3,(H,34,35)/p-1. The van der Waals surface area contributed by atoms with Crippen molar-refractivity contribution < 1.29 is 22.7 Å². The predicted octanol–water partition coefficient (Wildman–Crippen LogP) is 5.20. The van der Waals surface area contributed by atoms with Gasteiger partial charge in [-0.15, -0.1) is 0 Å². The van der Waals surface area contributed by atoms with Crippen molar-refractivity contribution in [3.8, 4) is 11.3 Å². The van der Waals surface area contributed by atoms with Gasteiger partial charge >= 0.3 is 5.97 Å². The normalized spacial score (nSPS) is 14.1. The van der Waals surface area contributed by atoms with E-state index in [0.29, 0.717) is 44.5 Å². The number of rotatable bonds is 9. The Morgan fingerprint density at radius 3 is 2.78 bits per heavy atom. The maximum Gasteiger partial charge on any atom is 0.342 e. The lowest BCUT2D eigenvalue weighted by Gasteiger charge is -2.28.